The van der Waals surface area contributed by atoms with E-state index in [1.54, 1.807) is 24.5 Å². The lowest BCUT2D eigenvalue weighted by Crippen LogP contribution is -2.38. The first-order valence-electron chi connectivity index (χ1n) is 11.4. The van der Waals surface area contributed by atoms with E-state index in [9.17, 15) is 9.59 Å². The van der Waals surface area contributed by atoms with Crippen LogP contribution in [0.15, 0.2) is 73.1 Å². The molecule has 0 bridgehead atoms. The van der Waals surface area contributed by atoms with Gasteiger partial charge in [-0.1, -0.05) is 36.4 Å². The van der Waals surface area contributed by atoms with Crippen LogP contribution in [-0.2, 0) is 9.59 Å². The molecule has 0 aliphatic heterocycles. The van der Waals surface area contributed by atoms with Crippen LogP contribution in [0.5, 0.6) is 11.5 Å². The zero-order valence-electron chi connectivity index (χ0n) is 19.2. The highest BCUT2D eigenvalue weighted by atomic mass is 16.5. The van der Waals surface area contributed by atoms with E-state index in [-0.39, 0.29) is 25.0 Å². The number of carbonyl (C=O) groups is 2. The second-order valence-electron chi connectivity index (χ2n) is 7.69. The Balaban J connectivity index is 1.06. The average Bonchev–Trinajstić information content (AvgIpc) is 2.90. The SMILES string of the molecule is O=C(COc1cccc2cccnc12)NCCNCCNC(=O)COc1cccc2cccnc12. The van der Waals surface area contributed by atoms with Gasteiger partial charge in [-0.25, -0.2) is 0 Å². The zero-order valence-corrected chi connectivity index (χ0v) is 19.2. The second-order valence-corrected chi connectivity index (χ2v) is 7.69. The van der Waals surface area contributed by atoms with Crippen molar-refractivity contribution < 1.29 is 19.1 Å². The first-order valence-corrected chi connectivity index (χ1v) is 11.4. The summed E-state index contributed by atoms with van der Waals surface area (Å²) in [5, 5.41) is 10.7. The van der Waals surface area contributed by atoms with E-state index in [4.69, 9.17) is 9.47 Å². The number of amides is 2. The van der Waals surface area contributed by atoms with Crippen LogP contribution in [0.3, 0.4) is 0 Å². The van der Waals surface area contributed by atoms with E-state index in [2.05, 4.69) is 25.9 Å². The van der Waals surface area contributed by atoms with E-state index >= 15 is 0 Å². The number of aromatic nitrogens is 2. The summed E-state index contributed by atoms with van der Waals surface area (Å²) in [5.74, 6) is 0.724. The maximum atomic E-state index is 12.0. The molecule has 180 valence electrons. The van der Waals surface area contributed by atoms with E-state index in [0.29, 0.717) is 37.7 Å². The number of ether oxygens (including phenoxy) is 2. The van der Waals surface area contributed by atoms with Crippen LogP contribution in [0.1, 0.15) is 0 Å². The fraction of sp³-hybridized carbons (Fsp3) is 0.231. The van der Waals surface area contributed by atoms with Crippen molar-refractivity contribution in [1.82, 2.24) is 25.9 Å². The lowest BCUT2D eigenvalue weighted by atomic mass is 10.2. The number of nitrogens with one attached hydrogen (secondary N) is 3. The van der Waals surface area contributed by atoms with Crippen molar-refractivity contribution in [2.24, 2.45) is 0 Å². The van der Waals surface area contributed by atoms with E-state index in [1.165, 1.54) is 0 Å². The van der Waals surface area contributed by atoms with Crippen molar-refractivity contribution in [2.75, 3.05) is 39.4 Å². The number of hydrogen-bond acceptors (Lipinski definition) is 7. The third-order valence-corrected chi connectivity index (χ3v) is 5.16. The van der Waals surface area contributed by atoms with Crippen LogP contribution >= 0.6 is 0 Å². The summed E-state index contributed by atoms with van der Waals surface area (Å²) in [5.41, 5.74) is 1.46. The topological polar surface area (TPSA) is 114 Å². The van der Waals surface area contributed by atoms with Crippen molar-refractivity contribution in [3.8, 4) is 11.5 Å². The molecule has 0 aliphatic rings. The molecule has 0 radical (unpaired) electrons. The molecule has 9 nitrogen and oxygen atoms in total. The Bertz CT molecular complexity index is 1190. The lowest BCUT2D eigenvalue weighted by Gasteiger charge is -2.11. The molecule has 0 fully saturated rings. The number of rotatable bonds is 12. The molecule has 0 saturated heterocycles. The summed E-state index contributed by atoms with van der Waals surface area (Å²) >= 11 is 0. The van der Waals surface area contributed by atoms with Crippen molar-refractivity contribution in [3.63, 3.8) is 0 Å². The highest BCUT2D eigenvalue weighted by molar-refractivity contribution is 5.86. The summed E-state index contributed by atoms with van der Waals surface area (Å²) in [7, 11) is 0. The van der Waals surface area contributed by atoms with Gasteiger partial charge < -0.3 is 25.4 Å². The molecule has 4 rings (SSSR count). The summed E-state index contributed by atoms with van der Waals surface area (Å²) < 4.78 is 11.2. The second kappa shape index (κ2) is 12.3. The van der Waals surface area contributed by atoms with Gasteiger partial charge >= 0.3 is 0 Å². The third kappa shape index (κ3) is 6.87. The molecular weight excluding hydrogens is 446 g/mol. The van der Waals surface area contributed by atoms with Crippen LogP contribution in [0, 0.1) is 0 Å². The van der Waals surface area contributed by atoms with Crippen molar-refractivity contribution in [1.29, 1.82) is 0 Å². The normalized spacial score (nSPS) is 10.7. The predicted octanol–water partition coefficient (Wildman–Crippen LogP) is 2.06. The van der Waals surface area contributed by atoms with Crippen molar-refractivity contribution in [3.05, 3.63) is 73.1 Å². The van der Waals surface area contributed by atoms with Gasteiger partial charge in [-0.15, -0.1) is 0 Å². The molecule has 35 heavy (non-hydrogen) atoms. The maximum absolute atomic E-state index is 12.0. The van der Waals surface area contributed by atoms with Crippen LogP contribution in [-0.4, -0.2) is 61.2 Å². The van der Waals surface area contributed by atoms with Gasteiger partial charge in [0.05, 0.1) is 0 Å². The zero-order chi connectivity index (χ0) is 24.3. The van der Waals surface area contributed by atoms with Crippen LogP contribution < -0.4 is 25.4 Å². The molecule has 0 unspecified atom stereocenters. The summed E-state index contributed by atoms with van der Waals surface area (Å²) in [6, 6.07) is 18.8. The molecule has 9 heteroatoms. The Morgan fingerprint density at radius 2 is 1.09 bits per heavy atom. The number of nitrogens with zero attached hydrogens (tertiary/aromatic N) is 2. The Labute approximate surface area is 202 Å². The van der Waals surface area contributed by atoms with Crippen LogP contribution in [0.2, 0.25) is 0 Å². The average molecular weight is 474 g/mol. The first-order chi connectivity index (χ1) is 17.2. The van der Waals surface area contributed by atoms with E-state index in [0.717, 1.165) is 21.8 Å². The molecular formula is C26H27N5O4. The quantitative estimate of drug-likeness (QED) is 0.270. The summed E-state index contributed by atoms with van der Waals surface area (Å²) in [4.78, 5) is 32.7. The fourth-order valence-electron chi connectivity index (χ4n) is 3.48. The van der Waals surface area contributed by atoms with Gasteiger partial charge in [0, 0.05) is 49.3 Å². The molecule has 2 aromatic heterocycles. The number of carbonyl (C=O) groups excluding carboxylic acids is 2. The summed E-state index contributed by atoms with van der Waals surface area (Å²) in [6.45, 7) is 1.85. The Morgan fingerprint density at radius 1 is 0.629 bits per heavy atom. The Kier molecular flexibility index (Phi) is 8.39. The highest BCUT2D eigenvalue weighted by Gasteiger charge is 2.07. The number of benzene rings is 2. The van der Waals surface area contributed by atoms with Crippen LogP contribution in [0.25, 0.3) is 21.8 Å². The molecule has 2 aromatic carbocycles. The van der Waals surface area contributed by atoms with Crippen LogP contribution in [0.4, 0.5) is 0 Å². The molecule has 0 aliphatic carbocycles. The summed E-state index contributed by atoms with van der Waals surface area (Å²) in [6.07, 6.45) is 3.39. The lowest BCUT2D eigenvalue weighted by molar-refractivity contribution is -0.123. The van der Waals surface area contributed by atoms with Crippen molar-refractivity contribution >= 4 is 33.6 Å². The minimum absolute atomic E-state index is 0.0854. The Hall–Kier alpha value is -4.24. The number of para-hydroxylation sites is 2. The number of fused-ring (bicyclic) bond motifs is 2. The number of pyridine rings is 2. The number of hydrogen-bond donors (Lipinski definition) is 3. The van der Waals surface area contributed by atoms with Gasteiger partial charge in [-0.2, -0.15) is 0 Å². The van der Waals surface area contributed by atoms with Crippen molar-refractivity contribution in [2.45, 2.75) is 0 Å². The molecule has 2 heterocycles. The molecule has 0 saturated carbocycles. The van der Waals surface area contributed by atoms with Gasteiger partial charge in [0.15, 0.2) is 13.2 Å². The Morgan fingerprint density at radius 3 is 1.57 bits per heavy atom. The third-order valence-electron chi connectivity index (χ3n) is 5.16. The molecule has 2 amide bonds. The molecule has 0 atom stereocenters. The van der Waals surface area contributed by atoms with Gasteiger partial charge in [0.1, 0.15) is 22.5 Å². The molecule has 4 aromatic rings. The van der Waals surface area contributed by atoms with Gasteiger partial charge in [0.2, 0.25) is 0 Å². The maximum Gasteiger partial charge on any atom is 0.257 e. The largest absolute Gasteiger partial charge is 0.481 e. The smallest absolute Gasteiger partial charge is 0.257 e. The monoisotopic (exact) mass is 473 g/mol. The fourth-order valence-corrected chi connectivity index (χ4v) is 3.48. The molecule has 0 spiro atoms. The van der Waals surface area contributed by atoms with Gasteiger partial charge in [-0.05, 0) is 24.3 Å². The minimum atomic E-state index is -0.215. The minimum Gasteiger partial charge on any atom is -0.481 e. The molecule has 3 N–H and O–H groups in total. The highest BCUT2D eigenvalue weighted by Crippen LogP contribution is 2.23. The predicted molar refractivity (Wildman–Crippen MR) is 133 cm³/mol. The first kappa shape index (κ1) is 23.9. The van der Waals surface area contributed by atoms with E-state index < -0.39 is 0 Å². The van der Waals surface area contributed by atoms with E-state index in [1.807, 2.05) is 48.5 Å². The van der Waals surface area contributed by atoms with Gasteiger partial charge in [0.25, 0.3) is 11.8 Å². The van der Waals surface area contributed by atoms with Gasteiger partial charge in [-0.3, -0.25) is 19.6 Å². The standard InChI is InChI=1S/C26H27N5O4/c32-23(17-34-21-9-1-5-19-7-3-11-30-25(19)21)28-15-13-27-14-16-29-24(33)18-35-22-10-2-6-20-8-4-12-31-26(20)22/h1-12,27H,13-18H2,(H,28,32)(H,29,33).